The molecule has 0 unspecified atom stereocenters. The van der Waals surface area contributed by atoms with Crippen LogP contribution in [0.2, 0.25) is 0 Å². The van der Waals surface area contributed by atoms with Crippen LogP contribution < -0.4 is 5.32 Å². The molecule has 0 saturated heterocycles. The van der Waals surface area contributed by atoms with Gasteiger partial charge in [0.15, 0.2) is 0 Å². The van der Waals surface area contributed by atoms with Crippen LogP contribution in [0.4, 0.5) is 0 Å². The fraction of sp³-hybridized carbons (Fsp3) is 0.889. The summed E-state index contributed by atoms with van der Waals surface area (Å²) in [5.41, 5.74) is 8.06. The highest BCUT2D eigenvalue weighted by Gasteiger charge is 2.06. The molecule has 0 aromatic rings. The average molecular weight is 213 g/mol. The van der Waals surface area contributed by atoms with Gasteiger partial charge < -0.3 is 5.32 Å². The molecule has 0 aromatic carbocycles. The number of nitrogens with zero attached hydrogens (tertiary/aromatic N) is 4. The Labute approximate surface area is 90.3 Å². The molecule has 0 bridgehead atoms. The van der Waals surface area contributed by atoms with E-state index in [0.717, 1.165) is 13.0 Å². The largest absolute Gasteiger partial charge is 0.353 e. The second kappa shape index (κ2) is 8.08. The Hall–Kier alpha value is -1.26. The summed E-state index contributed by atoms with van der Waals surface area (Å²) in [5.74, 6) is 0.0243. The third-order valence-corrected chi connectivity index (χ3v) is 1.72. The van der Waals surface area contributed by atoms with Gasteiger partial charge in [-0.15, -0.1) is 0 Å². The zero-order valence-electron chi connectivity index (χ0n) is 9.60. The van der Waals surface area contributed by atoms with Crippen LogP contribution in [0.25, 0.3) is 10.4 Å². The summed E-state index contributed by atoms with van der Waals surface area (Å²) in [6, 6.07) is 0.175. The Morgan fingerprint density at radius 2 is 2.27 bits per heavy atom. The van der Waals surface area contributed by atoms with E-state index in [-0.39, 0.29) is 11.9 Å². The predicted molar refractivity (Wildman–Crippen MR) is 59.4 cm³/mol. The number of nitrogens with one attached hydrogen (secondary N) is 1. The normalized spacial score (nSPS) is 10.2. The summed E-state index contributed by atoms with van der Waals surface area (Å²) in [6.07, 6.45) is 0.773. The van der Waals surface area contributed by atoms with Crippen molar-refractivity contribution in [2.45, 2.75) is 26.3 Å². The van der Waals surface area contributed by atoms with Crippen molar-refractivity contribution in [3.63, 3.8) is 0 Å². The molecule has 0 saturated carbocycles. The highest BCUT2D eigenvalue weighted by Crippen LogP contribution is 1.89. The second-order valence-corrected chi connectivity index (χ2v) is 3.77. The van der Waals surface area contributed by atoms with Gasteiger partial charge in [-0.2, -0.15) is 0 Å². The quantitative estimate of drug-likeness (QED) is 0.298. The van der Waals surface area contributed by atoms with Crippen molar-refractivity contribution < 1.29 is 4.79 Å². The first-order valence-electron chi connectivity index (χ1n) is 5.05. The molecule has 1 amide bonds. The van der Waals surface area contributed by atoms with E-state index in [9.17, 15) is 4.79 Å². The molecule has 15 heavy (non-hydrogen) atoms. The Morgan fingerprint density at radius 3 is 2.80 bits per heavy atom. The van der Waals surface area contributed by atoms with Crippen LogP contribution in [0.15, 0.2) is 5.11 Å². The number of carbonyl (C=O) groups excluding carboxylic acids is 1. The number of carbonyl (C=O) groups is 1. The molecule has 0 radical (unpaired) electrons. The first-order valence-corrected chi connectivity index (χ1v) is 5.05. The van der Waals surface area contributed by atoms with E-state index in [0.29, 0.717) is 13.1 Å². The SMILES string of the molecule is CC(C)NC(=O)CN(C)CCCN=[N+]=[N-]. The molecular weight excluding hydrogens is 194 g/mol. The summed E-state index contributed by atoms with van der Waals surface area (Å²) >= 11 is 0. The zero-order valence-corrected chi connectivity index (χ0v) is 9.60. The van der Waals surface area contributed by atoms with Crippen molar-refractivity contribution in [2.24, 2.45) is 5.11 Å². The van der Waals surface area contributed by atoms with Crippen molar-refractivity contribution in [3.05, 3.63) is 10.4 Å². The topological polar surface area (TPSA) is 81.1 Å². The first-order chi connectivity index (χ1) is 7.06. The first kappa shape index (κ1) is 13.7. The van der Waals surface area contributed by atoms with Crippen LogP contribution in [0.1, 0.15) is 20.3 Å². The minimum absolute atomic E-state index is 0.0243. The summed E-state index contributed by atoms with van der Waals surface area (Å²) in [6.45, 7) is 5.48. The maximum absolute atomic E-state index is 11.3. The smallest absolute Gasteiger partial charge is 0.234 e. The van der Waals surface area contributed by atoms with E-state index in [1.54, 1.807) is 0 Å². The van der Waals surface area contributed by atoms with E-state index in [1.807, 2.05) is 25.8 Å². The number of hydrogen-bond donors (Lipinski definition) is 1. The van der Waals surface area contributed by atoms with Crippen LogP contribution in [0.5, 0.6) is 0 Å². The zero-order chi connectivity index (χ0) is 11.7. The monoisotopic (exact) mass is 213 g/mol. The van der Waals surface area contributed by atoms with Crippen LogP contribution in [-0.4, -0.2) is 43.5 Å². The van der Waals surface area contributed by atoms with E-state index < -0.39 is 0 Å². The molecule has 86 valence electrons. The molecular formula is C9H19N5O. The lowest BCUT2D eigenvalue weighted by Crippen LogP contribution is -2.38. The molecule has 1 N–H and O–H groups in total. The number of likely N-dealkylation sites (N-methyl/N-ethyl adjacent to an activating group) is 1. The predicted octanol–water partition coefficient (Wildman–Crippen LogP) is 1.14. The lowest BCUT2D eigenvalue weighted by Gasteiger charge is -2.16. The van der Waals surface area contributed by atoms with Crippen molar-refractivity contribution in [2.75, 3.05) is 26.7 Å². The number of azide groups is 1. The summed E-state index contributed by atoms with van der Waals surface area (Å²) in [5, 5.41) is 6.24. The molecule has 0 aromatic heterocycles. The summed E-state index contributed by atoms with van der Waals surface area (Å²) in [4.78, 5) is 15.9. The highest BCUT2D eigenvalue weighted by molar-refractivity contribution is 5.78. The van der Waals surface area contributed by atoms with E-state index >= 15 is 0 Å². The molecule has 0 fully saturated rings. The Bertz CT molecular complexity index is 235. The van der Waals surface area contributed by atoms with E-state index in [2.05, 4.69) is 15.3 Å². The van der Waals surface area contributed by atoms with Crippen molar-refractivity contribution in [1.29, 1.82) is 0 Å². The van der Waals surface area contributed by atoms with Gasteiger partial charge in [-0.1, -0.05) is 5.11 Å². The van der Waals surface area contributed by atoms with Crippen molar-refractivity contribution in [3.8, 4) is 0 Å². The van der Waals surface area contributed by atoms with Crippen LogP contribution in [0.3, 0.4) is 0 Å². The van der Waals surface area contributed by atoms with Gasteiger partial charge in [0.1, 0.15) is 0 Å². The fourth-order valence-corrected chi connectivity index (χ4v) is 1.15. The van der Waals surface area contributed by atoms with Crippen LogP contribution >= 0.6 is 0 Å². The molecule has 0 heterocycles. The third kappa shape index (κ3) is 9.05. The van der Waals surface area contributed by atoms with E-state index in [4.69, 9.17) is 5.53 Å². The van der Waals surface area contributed by atoms with Gasteiger partial charge in [0.05, 0.1) is 6.54 Å². The van der Waals surface area contributed by atoms with Gasteiger partial charge in [0, 0.05) is 17.5 Å². The Kier molecular flexibility index (Phi) is 7.40. The molecule has 0 aliphatic carbocycles. The maximum Gasteiger partial charge on any atom is 0.234 e. The Morgan fingerprint density at radius 1 is 1.60 bits per heavy atom. The van der Waals surface area contributed by atoms with Crippen LogP contribution in [0, 0.1) is 0 Å². The molecule has 0 spiro atoms. The van der Waals surface area contributed by atoms with Gasteiger partial charge >= 0.3 is 0 Å². The molecule has 0 rings (SSSR count). The third-order valence-electron chi connectivity index (χ3n) is 1.72. The number of amides is 1. The molecule has 0 aliphatic heterocycles. The van der Waals surface area contributed by atoms with Gasteiger partial charge in [0.25, 0.3) is 0 Å². The van der Waals surface area contributed by atoms with Gasteiger partial charge in [0.2, 0.25) is 5.91 Å². The highest BCUT2D eigenvalue weighted by atomic mass is 16.2. The Balaban J connectivity index is 3.59. The average Bonchev–Trinajstić information content (AvgIpc) is 2.10. The lowest BCUT2D eigenvalue weighted by molar-refractivity contribution is -0.122. The minimum Gasteiger partial charge on any atom is -0.353 e. The van der Waals surface area contributed by atoms with E-state index in [1.165, 1.54) is 0 Å². The fourth-order valence-electron chi connectivity index (χ4n) is 1.15. The second-order valence-electron chi connectivity index (χ2n) is 3.77. The number of rotatable bonds is 7. The maximum atomic E-state index is 11.3. The minimum atomic E-state index is 0.0243. The van der Waals surface area contributed by atoms with Gasteiger partial charge in [-0.25, -0.2) is 0 Å². The summed E-state index contributed by atoms with van der Waals surface area (Å²) in [7, 11) is 1.87. The van der Waals surface area contributed by atoms with Crippen molar-refractivity contribution >= 4 is 5.91 Å². The summed E-state index contributed by atoms with van der Waals surface area (Å²) < 4.78 is 0. The van der Waals surface area contributed by atoms with Gasteiger partial charge in [-0.3, -0.25) is 9.69 Å². The lowest BCUT2D eigenvalue weighted by atomic mass is 10.3. The number of hydrogen-bond acceptors (Lipinski definition) is 3. The molecule has 6 heteroatoms. The molecule has 0 atom stereocenters. The van der Waals surface area contributed by atoms with Crippen molar-refractivity contribution in [1.82, 2.24) is 10.2 Å². The molecule has 0 aliphatic rings. The standard InChI is InChI=1S/C9H19N5O/c1-8(2)12-9(15)7-14(3)6-4-5-11-13-10/h8H,4-7H2,1-3H3,(H,12,15). The van der Waals surface area contributed by atoms with Crippen LogP contribution in [-0.2, 0) is 4.79 Å². The molecule has 6 nitrogen and oxygen atoms in total. The van der Waals surface area contributed by atoms with Gasteiger partial charge in [-0.05, 0) is 39.4 Å².